The molecule has 0 bridgehead atoms. The number of hydrogen-bond acceptors (Lipinski definition) is 3. The Morgan fingerprint density at radius 1 is 0.897 bits per heavy atom. The zero-order chi connectivity index (χ0) is 19.9. The molecular formula is C24H21N3OS. The Morgan fingerprint density at radius 2 is 1.52 bits per heavy atom. The molecular weight excluding hydrogens is 378 g/mol. The first-order valence-electron chi connectivity index (χ1n) is 9.43. The normalized spacial score (nSPS) is 11.7. The highest BCUT2D eigenvalue weighted by Crippen LogP contribution is 2.35. The molecule has 4 aromatic rings. The summed E-state index contributed by atoms with van der Waals surface area (Å²) >= 11 is 1.55. The second-order valence-corrected chi connectivity index (χ2v) is 7.75. The smallest absolute Gasteiger partial charge is 0.238 e. The molecule has 4 rings (SSSR count). The average molecular weight is 400 g/mol. The van der Waals surface area contributed by atoms with E-state index >= 15 is 0 Å². The van der Waals surface area contributed by atoms with Crippen LogP contribution in [0.4, 0.5) is 0 Å². The van der Waals surface area contributed by atoms with Gasteiger partial charge in [0.05, 0.1) is 11.9 Å². The molecule has 1 N–H and O–H groups in total. The lowest BCUT2D eigenvalue weighted by atomic mass is 10.1. The van der Waals surface area contributed by atoms with Gasteiger partial charge in [0.2, 0.25) is 5.91 Å². The third kappa shape index (κ3) is 4.95. The van der Waals surface area contributed by atoms with E-state index in [1.165, 1.54) is 0 Å². The molecule has 1 amide bonds. The van der Waals surface area contributed by atoms with Gasteiger partial charge in [-0.25, -0.2) is 4.68 Å². The molecule has 1 atom stereocenters. The van der Waals surface area contributed by atoms with Gasteiger partial charge in [-0.15, -0.1) is 11.8 Å². The fraction of sp³-hybridized carbons (Fsp3) is 0.0833. The monoisotopic (exact) mass is 399 g/mol. The molecule has 1 unspecified atom stereocenters. The van der Waals surface area contributed by atoms with Crippen LogP contribution in [0.2, 0.25) is 0 Å². The lowest BCUT2D eigenvalue weighted by molar-refractivity contribution is -0.120. The van der Waals surface area contributed by atoms with Crippen molar-refractivity contribution in [2.24, 2.45) is 0 Å². The third-order valence-electron chi connectivity index (χ3n) is 4.46. The quantitative estimate of drug-likeness (QED) is 0.444. The minimum atomic E-state index is -0.317. The fourth-order valence-corrected chi connectivity index (χ4v) is 4.06. The molecule has 0 aliphatic carbocycles. The Kier molecular flexibility index (Phi) is 6.07. The van der Waals surface area contributed by atoms with E-state index in [2.05, 4.69) is 10.4 Å². The molecule has 1 aromatic heterocycles. The minimum absolute atomic E-state index is 0.0162. The maximum absolute atomic E-state index is 13.0. The van der Waals surface area contributed by atoms with Crippen molar-refractivity contribution < 1.29 is 4.79 Å². The number of nitrogens with zero attached hydrogens (tertiary/aromatic N) is 2. The van der Waals surface area contributed by atoms with Gasteiger partial charge in [0.1, 0.15) is 5.25 Å². The number of benzene rings is 3. The van der Waals surface area contributed by atoms with Crippen molar-refractivity contribution in [3.63, 3.8) is 0 Å². The van der Waals surface area contributed by atoms with Gasteiger partial charge in [-0.3, -0.25) is 4.79 Å². The highest BCUT2D eigenvalue weighted by Gasteiger charge is 2.21. The molecule has 0 aliphatic rings. The molecule has 29 heavy (non-hydrogen) atoms. The molecule has 144 valence electrons. The van der Waals surface area contributed by atoms with Crippen LogP contribution in [0.1, 0.15) is 16.4 Å². The number of para-hydroxylation sites is 1. The van der Waals surface area contributed by atoms with Crippen molar-refractivity contribution >= 4 is 17.7 Å². The predicted molar refractivity (Wildman–Crippen MR) is 117 cm³/mol. The van der Waals surface area contributed by atoms with Crippen molar-refractivity contribution in [3.8, 4) is 5.69 Å². The van der Waals surface area contributed by atoms with Crippen molar-refractivity contribution in [2.45, 2.75) is 16.7 Å². The van der Waals surface area contributed by atoms with Gasteiger partial charge in [0.25, 0.3) is 0 Å². The number of nitrogens with one attached hydrogen (secondary N) is 1. The lowest BCUT2D eigenvalue weighted by Gasteiger charge is -2.17. The van der Waals surface area contributed by atoms with Gasteiger partial charge < -0.3 is 5.32 Å². The van der Waals surface area contributed by atoms with Crippen LogP contribution in [-0.2, 0) is 11.3 Å². The standard InChI is InChI=1S/C24H21N3OS/c28-24(25-16-19-17-26-27(18-19)21-12-6-2-7-13-21)23(20-10-4-1-5-11-20)29-22-14-8-3-9-15-22/h1-15,17-18,23H,16H2,(H,25,28). The molecule has 0 fully saturated rings. The average Bonchev–Trinajstić information content (AvgIpc) is 3.27. The fourth-order valence-electron chi connectivity index (χ4n) is 2.99. The zero-order valence-electron chi connectivity index (χ0n) is 15.8. The summed E-state index contributed by atoms with van der Waals surface area (Å²) in [5.74, 6) is -0.0162. The largest absolute Gasteiger partial charge is 0.351 e. The summed E-state index contributed by atoms with van der Waals surface area (Å²) in [4.78, 5) is 14.1. The topological polar surface area (TPSA) is 46.9 Å². The van der Waals surface area contributed by atoms with Gasteiger partial charge in [-0.1, -0.05) is 66.7 Å². The van der Waals surface area contributed by atoms with Gasteiger partial charge in [0, 0.05) is 23.2 Å². The highest BCUT2D eigenvalue weighted by atomic mass is 32.2. The van der Waals surface area contributed by atoms with Crippen LogP contribution < -0.4 is 5.32 Å². The third-order valence-corrected chi connectivity index (χ3v) is 5.73. The molecule has 1 heterocycles. The number of aromatic nitrogens is 2. The first-order chi connectivity index (χ1) is 14.3. The first kappa shape index (κ1) is 19.0. The van der Waals surface area contributed by atoms with Crippen LogP contribution in [0.15, 0.2) is 108 Å². The highest BCUT2D eigenvalue weighted by molar-refractivity contribution is 8.00. The zero-order valence-corrected chi connectivity index (χ0v) is 16.6. The van der Waals surface area contributed by atoms with Crippen LogP contribution in [0.3, 0.4) is 0 Å². The Bertz CT molecular complexity index is 1050. The van der Waals surface area contributed by atoms with Crippen LogP contribution in [0.5, 0.6) is 0 Å². The van der Waals surface area contributed by atoms with E-state index in [0.717, 1.165) is 21.7 Å². The molecule has 3 aromatic carbocycles. The summed E-state index contributed by atoms with van der Waals surface area (Å²) in [7, 11) is 0. The summed E-state index contributed by atoms with van der Waals surface area (Å²) in [6, 6.07) is 29.8. The van der Waals surface area contributed by atoms with E-state index in [9.17, 15) is 4.79 Å². The Hall–Kier alpha value is -3.31. The maximum atomic E-state index is 13.0. The molecule has 0 spiro atoms. The molecule has 0 saturated heterocycles. The summed E-state index contributed by atoms with van der Waals surface area (Å²) in [5.41, 5.74) is 2.93. The number of rotatable bonds is 7. The Balaban J connectivity index is 1.46. The summed E-state index contributed by atoms with van der Waals surface area (Å²) in [6.07, 6.45) is 3.73. The predicted octanol–water partition coefficient (Wildman–Crippen LogP) is 5.02. The van der Waals surface area contributed by atoms with Crippen molar-refractivity contribution in [1.82, 2.24) is 15.1 Å². The van der Waals surface area contributed by atoms with E-state index in [0.29, 0.717) is 6.54 Å². The van der Waals surface area contributed by atoms with Gasteiger partial charge in [-0.2, -0.15) is 5.10 Å². The van der Waals surface area contributed by atoms with E-state index in [1.54, 1.807) is 18.0 Å². The number of hydrogen-bond donors (Lipinski definition) is 1. The number of amides is 1. The van der Waals surface area contributed by atoms with Crippen molar-refractivity contribution in [3.05, 3.63) is 115 Å². The molecule has 4 nitrogen and oxygen atoms in total. The van der Waals surface area contributed by atoms with Gasteiger partial charge in [-0.05, 0) is 29.8 Å². The van der Waals surface area contributed by atoms with E-state index in [-0.39, 0.29) is 11.2 Å². The molecule has 0 aliphatic heterocycles. The van der Waals surface area contributed by atoms with Gasteiger partial charge in [0.15, 0.2) is 0 Å². The summed E-state index contributed by atoms with van der Waals surface area (Å²) in [6.45, 7) is 0.435. The molecule has 0 saturated carbocycles. The van der Waals surface area contributed by atoms with Crippen LogP contribution in [-0.4, -0.2) is 15.7 Å². The van der Waals surface area contributed by atoms with E-state index in [4.69, 9.17) is 0 Å². The summed E-state index contributed by atoms with van der Waals surface area (Å²) < 4.78 is 1.81. The maximum Gasteiger partial charge on any atom is 0.238 e. The second-order valence-electron chi connectivity index (χ2n) is 6.57. The van der Waals surface area contributed by atoms with Crippen LogP contribution >= 0.6 is 11.8 Å². The van der Waals surface area contributed by atoms with Gasteiger partial charge >= 0.3 is 0 Å². The van der Waals surface area contributed by atoms with Crippen LogP contribution in [0, 0.1) is 0 Å². The lowest BCUT2D eigenvalue weighted by Crippen LogP contribution is -2.27. The van der Waals surface area contributed by atoms with E-state index in [1.807, 2.05) is 102 Å². The first-order valence-corrected chi connectivity index (χ1v) is 10.3. The molecule has 0 radical (unpaired) electrons. The van der Waals surface area contributed by atoms with Crippen LogP contribution in [0.25, 0.3) is 5.69 Å². The summed E-state index contributed by atoms with van der Waals surface area (Å²) in [5, 5.41) is 7.15. The molecule has 5 heteroatoms. The Labute approximate surface area is 174 Å². The van der Waals surface area contributed by atoms with Crippen molar-refractivity contribution in [1.29, 1.82) is 0 Å². The second kappa shape index (κ2) is 9.26. The van der Waals surface area contributed by atoms with Crippen molar-refractivity contribution in [2.75, 3.05) is 0 Å². The Morgan fingerprint density at radius 3 is 2.21 bits per heavy atom. The number of thioether (sulfide) groups is 1. The number of carbonyl (C=O) groups is 1. The number of carbonyl (C=O) groups excluding carboxylic acids is 1. The van der Waals surface area contributed by atoms with E-state index < -0.39 is 0 Å². The SMILES string of the molecule is O=C(NCc1cnn(-c2ccccc2)c1)C(Sc1ccccc1)c1ccccc1. The minimum Gasteiger partial charge on any atom is -0.351 e.